The van der Waals surface area contributed by atoms with E-state index in [1.54, 1.807) is 14.2 Å². The van der Waals surface area contributed by atoms with Crippen LogP contribution in [-0.4, -0.2) is 42.3 Å². The van der Waals surface area contributed by atoms with Gasteiger partial charge >= 0.3 is 6.01 Å². The van der Waals surface area contributed by atoms with Crippen LogP contribution in [0.1, 0.15) is 17.7 Å². The summed E-state index contributed by atoms with van der Waals surface area (Å²) in [5.74, 6) is 1.55. The monoisotopic (exact) mass is 371 g/mol. The van der Waals surface area contributed by atoms with Crippen LogP contribution >= 0.6 is 11.8 Å². The number of aldehydes is 1. The van der Waals surface area contributed by atoms with Crippen LogP contribution in [0.25, 0.3) is 4.91 Å². The molecule has 0 radical (unpaired) electrons. The molecule has 1 N–H and O–H groups in total. The predicted octanol–water partition coefficient (Wildman–Crippen LogP) is 3.19. The highest BCUT2D eigenvalue weighted by atomic mass is 32.2. The van der Waals surface area contributed by atoms with Gasteiger partial charge in [-0.15, -0.1) is 11.8 Å². The topological polar surface area (TPSA) is 73.3 Å². The molecule has 2 heterocycles. The van der Waals surface area contributed by atoms with Crippen LogP contribution in [0.2, 0.25) is 0 Å². The van der Waals surface area contributed by atoms with Gasteiger partial charge in [0.15, 0.2) is 0 Å². The van der Waals surface area contributed by atoms with Crippen LogP contribution in [0.4, 0.5) is 5.82 Å². The van der Waals surface area contributed by atoms with Crippen molar-refractivity contribution in [3.63, 3.8) is 0 Å². The van der Waals surface area contributed by atoms with Gasteiger partial charge < -0.3 is 19.6 Å². The average molecular weight is 371 g/mol. The molecule has 136 valence electrons. The molecule has 0 saturated carbocycles. The van der Waals surface area contributed by atoms with E-state index >= 15 is 0 Å². The van der Waals surface area contributed by atoms with E-state index in [4.69, 9.17) is 9.47 Å². The zero-order chi connectivity index (χ0) is 18.4. The summed E-state index contributed by atoms with van der Waals surface area (Å²) in [5.41, 5.74) is 1.99. The Morgan fingerprint density at radius 2 is 2.04 bits per heavy atom. The predicted molar refractivity (Wildman–Crippen MR) is 104 cm³/mol. The summed E-state index contributed by atoms with van der Waals surface area (Å²) >= 11 is 1.52. The Kier molecular flexibility index (Phi) is 6.12. The number of methoxy groups -OCH3 is 2. The van der Waals surface area contributed by atoms with E-state index in [-0.39, 0.29) is 5.25 Å². The molecule has 1 aromatic heterocycles. The molecular formula is C19H21N3O3S. The fourth-order valence-electron chi connectivity index (χ4n) is 2.59. The molecule has 0 fully saturated rings. The number of carbonyl (C=O) groups excluding carboxylic acids is 1. The lowest BCUT2D eigenvalue weighted by molar-refractivity contribution is -0.107. The van der Waals surface area contributed by atoms with Crippen LogP contribution in [0.15, 0.2) is 36.4 Å². The van der Waals surface area contributed by atoms with E-state index in [1.165, 1.54) is 17.3 Å². The van der Waals surface area contributed by atoms with Gasteiger partial charge in [-0.3, -0.25) is 0 Å². The van der Waals surface area contributed by atoms with Crippen LogP contribution < -0.4 is 14.8 Å². The molecule has 1 aliphatic heterocycles. The van der Waals surface area contributed by atoms with E-state index in [0.717, 1.165) is 42.0 Å². The SMILES string of the molecule is COc1ccc(CCNc2cc(C3=CCC(C=O)S3)nc(OC)n2)cc1. The number of allylic oxidation sites excluding steroid dienone is 1. The zero-order valence-electron chi connectivity index (χ0n) is 14.8. The molecule has 0 aliphatic carbocycles. The van der Waals surface area contributed by atoms with Crippen LogP contribution in [0.3, 0.4) is 0 Å². The van der Waals surface area contributed by atoms with Crippen LogP contribution in [0, 0.1) is 0 Å². The lowest BCUT2D eigenvalue weighted by Gasteiger charge is -2.10. The van der Waals surface area contributed by atoms with Gasteiger partial charge in [-0.1, -0.05) is 18.2 Å². The number of nitrogens with zero attached hydrogens (tertiary/aromatic N) is 2. The standard InChI is InChI=1S/C19H21N3O3S/c1-24-14-5-3-13(4-6-14)9-10-20-18-11-16(21-19(22-18)25-2)17-8-7-15(12-23)26-17/h3-6,8,11-12,15H,7,9-10H2,1-2H3,(H,20,21,22). The summed E-state index contributed by atoms with van der Waals surface area (Å²) in [5, 5.41) is 3.29. The molecule has 0 saturated heterocycles. The molecule has 0 amide bonds. The number of benzene rings is 1. The van der Waals surface area contributed by atoms with Gasteiger partial charge in [0.05, 0.1) is 25.2 Å². The van der Waals surface area contributed by atoms with Gasteiger partial charge in [0.1, 0.15) is 17.9 Å². The number of anilines is 1. The fraction of sp³-hybridized carbons (Fsp3) is 0.316. The number of hydrogen-bond donors (Lipinski definition) is 1. The first-order chi connectivity index (χ1) is 12.7. The molecule has 0 spiro atoms. The summed E-state index contributed by atoms with van der Waals surface area (Å²) in [6.45, 7) is 0.731. The third-order valence-electron chi connectivity index (χ3n) is 3.99. The van der Waals surface area contributed by atoms with Gasteiger partial charge in [0.25, 0.3) is 0 Å². The minimum Gasteiger partial charge on any atom is -0.497 e. The summed E-state index contributed by atoms with van der Waals surface area (Å²) in [6, 6.07) is 10.2. The van der Waals surface area contributed by atoms with Crippen LogP contribution in [-0.2, 0) is 11.2 Å². The molecule has 1 unspecified atom stereocenters. The Morgan fingerprint density at radius 1 is 1.23 bits per heavy atom. The van der Waals surface area contributed by atoms with E-state index < -0.39 is 0 Å². The number of nitrogens with one attached hydrogen (secondary N) is 1. The largest absolute Gasteiger partial charge is 0.497 e. The number of aromatic nitrogens is 2. The highest BCUT2D eigenvalue weighted by Crippen LogP contribution is 2.38. The van der Waals surface area contributed by atoms with Crippen molar-refractivity contribution < 1.29 is 14.3 Å². The number of carbonyl (C=O) groups is 1. The lowest BCUT2D eigenvalue weighted by Crippen LogP contribution is -2.08. The van der Waals surface area contributed by atoms with Gasteiger partial charge in [-0.2, -0.15) is 9.97 Å². The number of hydrogen-bond acceptors (Lipinski definition) is 7. The smallest absolute Gasteiger partial charge is 0.318 e. The minimum atomic E-state index is -0.0301. The van der Waals surface area contributed by atoms with Crippen molar-refractivity contribution >= 4 is 28.8 Å². The summed E-state index contributed by atoms with van der Waals surface area (Å²) < 4.78 is 10.4. The van der Waals surface area contributed by atoms with Gasteiger partial charge in [-0.05, 0) is 30.5 Å². The Morgan fingerprint density at radius 3 is 2.69 bits per heavy atom. The van der Waals surface area contributed by atoms with Crippen molar-refractivity contribution in [3.05, 3.63) is 47.7 Å². The summed E-state index contributed by atoms with van der Waals surface area (Å²) in [6.07, 6.45) is 4.60. The first-order valence-corrected chi connectivity index (χ1v) is 9.22. The second kappa shape index (κ2) is 8.71. The molecule has 2 aromatic rings. The minimum absolute atomic E-state index is 0.0301. The maximum Gasteiger partial charge on any atom is 0.318 e. The third-order valence-corrected chi connectivity index (χ3v) is 5.22. The van der Waals surface area contributed by atoms with Crippen molar-refractivity contribution in [3.8, 4) is 11.8 Å². The molecule has 1 aliphatic rings. The van der Waals surface area contributed by atoms with E-state index in [1.807, 2.05) is 36.4 Å². The van der Waals surface area contributed by atoms with Gasteiger partial charge in [-0.25, -0.2) is 0 Å². The number of thioether (sulfide) groups is 1. The van der Waals surface area contributed by atoms with Crippen molar-refractivity contribution in [2.45, 2.75) is 18.1 Å². The quantitative estimate of drug-likeness (QED) is 0.714. The molecule has 1 aromatic carbocycles. The average Bonchev–Trinajstić information content (AvgIpc) is 3.17. The van der Waals surface area contributed by atoms with Crippen molar-refractivity contribution in [1.29, 1.82) is 0 Å². The lowest BCUT2D eigenvalue weighted by atomic mass is 10.1. The summed E-state index contributed by atoms with van der Waals surface area (Å²) in [7, 11) is 3.21. The maximum absolute atomic E-state index is 11.0. The van der Waals surface area contributed by atoms with Crippen molar-refractivity contribution in [1.82, 2.24) is 9.97 Å². The molecular weight excluding hydrogens is 350 g/mol. The van der Waals surface area contributed by atoms with E-state index in [2.05, 4.69) is 15.3 Å². The highest BCUT2D eigenvalue weighted by molar-refractivity contribution is 8.09. The molecule has 0 bridgehead atoms. The molecule has 1 atom stereocenters. The fourth-order valence-corrected chi connectivity index (χ4v) is 3.58. The van der Waals surface area contributed by atoms with Gasteiger partial charge in [0, 0.05) is 17.5 Å². The highest BCUT2D eigenvalue weighted by Gasteiger charge is 2.20. The first-order valence-electron chi connectivity index (χ1n) is 8.34. The van der Waals surface area contributed by atoms with Crippen molar-refractivity contribution in [2.75, 3.05) is 26.1 Å². The Bertz CT molecular complexity index is 793. The number of rotatable bonds is 8. The van der Waals surface area contributed by atoms with Crippen molar-refractivity contribution in [2.24, 2.45) is 0 Å². The Hall–Kier alpha value is -2.54. The molecule has 7 heteroatoms. The molecule has 6 nitrogen and oxygen atoms in total. The second-order valence-electron chi connectivity index (χ2n) is 5.75. The first kappa shape index (κ1) is 18.3. The van der Waals surface area contributed by atoms with E-state index in [0.29, 0.717) is 11.8 Å². The maximum atomic E-state index is 11.0. The third kappa shape index (κ3) is 4.54. The second-order valence-corrected chi connectivity index (χ2v) is 7.03. The molecule has 3 rings (SSSR count). The van der Waals surface area contributed by atoms with Gasteiger partial charge in [0.2, 0.25) is 0 Å². The Labute approximate surface area is 157 Å². The zero-order valence-corrected chi connectivity index (χ0v) is 15.6. The number of ether oxygens (including phenoxy) is 2. The van der Waals surface area contributed by atoms with E-state index in [9.17, 15) is 4.79 Å². The Balaban J connectivity index is 1.65. The molecule has 26 heavy (non-hydrogen) atoms. The van der Waals surface area contributed by atoms with Crippen LogP contribution in [0.5, 0.6) is 11.8 Å². The normalized spacial score (nSPS) is 16.1. The summed E-state index contributed by atoms with van der Waals surface area (Å²) in [4.78, 5) is 20.7.